The van der Waals surface area contributed by atoms with E-state index in [-0.39, 0.29) is 40.1 Å². The van der Waals surface area contributed by atoms with E-state index in [9.17, 15) is 25.5 Å². The van der Waals surface area contributed by atoms with Crippen LogP contribution in [0, 0.1) is 0 Å². The molecule has 108 valence electrons. The number of phenols is 4. The van der Waals surface area contributed by atoms with Gasteiger partial charge in [-0.3, -0.25) is 0 Å². The third-order valence-electron chi connectivity index (χ3n) is 3.21. The summed E-state index contributed by atoms with van der Waals surface area (Å²) >= 11 is 0. The monoisotopic (exact) mass is 288 g/mol. The summed E-state index contributed by atoms with van der Waals surface area (Å²) in [6.07, 6.45) is 0.410. The van der Waals surface area contributed by atoms with Crippen LogP contribution in [0.15, 0.2) is 36.1 Å². The lowest BCUT2D eigenvalue weighted by Gasteiger charge is -2.25. The summed E-state index contributed by atoms with van der Waals surface area (Å²) < 4.78 is 5.56. The Kier molecular flexibility index (Phi) is 2.79. The molecule has 6 heteroatoms. The Morgan fingerprint density at radius 3 is 2.29 bits per heavy atom. The number of aliphatic hydroxyl groups is 1. The molecule has 0 radical (unpaired) electrons. The van der Waals surface area contributed by atoms with E-state index in [1.807, 2.05) is 0 Å². The second kappa shape index (κ2) is 4.52. The van der Waals surface area contributed by atoms with Crippen LogP contribution in [-0.2, 0) is 0 Å². The second-order valence-corrected chi connectivity index (χ2v) is 4.69. The molecule has 1 aliphatic rings. The van der Waals surface area contributed by atoms with Crippen molar-refractivity contribution in [2.45, 2.75) is 6.10 Å². The van der Waals surface area contributed by atoms with Crippen molar-refractivity contribution >= 4 is 6.08 Å². The maximum atomic E-state index is 10.0. The molecule has 21 heavy (non-hydrogen) atoms. The molecule has 0 aliphatic carbocycles. The van der Waals surface area contributed by atoms with E-state index in [1.165, 1.54) is 30.3 Å². The van der Waals surface area contributed by atoms with E-state index in [2.05, 4.69) is 0 Å². The first-order valence-corrected chi connectivity index (χ1v) is 6.11. The van der Waals surface area contributed by atoms with Gasteiger partial charge < -0.3 is 30.3 Å². The third-order valence-corrected chi connectivity index (χ3v) is 3.21. The fraction of sp³-hybridized carbons (Fsp3) is 0.0667. The van der Waals surface area contributed by atoms with Crippen molar-refractivity contribution in [2.75, 3.05) is 0 Å². The molecule has 2 aromatic rings. The Bertz CT molecular complexity index is 750. The highest BCUT2D eigenvalue weighted by molar-refractivity contribution is 5.69. The van der Waals surface area contributed by atoms with Crippen LogP contribution in [0.25, 0.3) is 6.08 Å². The number of hydrogen-bond donors (Lipinski definition) is 5. The number of fused-ring (bicyclic) bond motifs is 1. The molecule has 2 aromatic carbocycles. The molecule has 0 amide bonds. The van der Waals surface area contributed by atoms with Crippen molar-refractivity contribution in [3.8, 4) is 28.7 Å². The normalized spacial score (nSPS) is 16.8. The molecule has 5 N–H and O–H groups in total. The van der Waals surface area contributed by atoms with Gasteiger partial charge in [0.2, 0.25) is 0 Å². The molecule has 0 unspecified atom stereocenters. The zero-order chi connectivity index (χ0) is 15.1. The van der Waals surface area contributed by atoms with E-state index in [0.29, 0.717) is 5.56 Å². The van der Waals surface area contributed by atoms with Gasteiger partial charge in [-0.1, -0.05) is 6.07 Å². The lowest BCUT2D eigenvalue weighted by atomic mass is 10.0. The molecular weight excluding hydrogens is 276 g/mol. The average Bonchev–Trinajstić information content (AvgIpc) is 2.42. The summed E-state index contributed by atoms with van der Waals surface area (Å²) in [7, 11) is 0. The number of rotatable bonds is 1. The molecule has 1 aliphatic heterocycles. The van der Waals surface area contributed by atoms with E-state index < -0.39 is 6.10 Å². The smallest absolute Gasteiger partial charge is 0.180 e. The fourth-order valence-corrected chi connectivity index (χ4v) is 2.19. The van der Waals surface area contributed by atoms with Gasteiger partial charge in [0.05, 0.1) is 5.56 Å². The van der Waals surface area contributed by atoms with E-state index in [4.69, 9.17) is 4.74 Å². The zero-order valence-electron chi connectivity index (χ0n) is 10.7. The van der Waals surface area contributed by atoms with Gasteiger partial charge >= 0.3 is 0 Å². The standard InChI is InChI=1S/C15H12O6/c16-8-4-11(18)9-6-13(20)15(21-14(9)5-8)7-1-2-10(17)12(19)3-7/h1-6,15-20H/t15-/m0/s1. The highest BCUT2D eigenvalue weighted by Crippen LogP contribution is 2.43. The lowest BCUT2D eigenvalue weighted by molar-refractivity contribution is 0.173. The average molecular weight is 288 g/mol. The molecule has 0 saturated carbocycles. The number of aromatic hydroxyl groups is 4. The number of hydrogen-bond acceptors (Lipinski definition) is 6. The van der Waals surface area contributed by atoms with Crippen LogP contribution in [0.3, 0.4) is 0 Å². The van der Waals surface area contributed by atoms with E-state index >= 15 is 0 Å². The Morgan fingerprint density at radius 2 is 1.57 bits per heavy atom. The molecule has 0 fully saturated rings. The largest absolute Gasteiger partial charge is 0.508 e. The Labute approximate surface area is 119 Å². The molecular formula is C15H12O6. The minimum atomic E-state index is -0.912. The van der Waals surface area contributed by atoms with Gasteiger partial charge in [-0.15, -0.1) is 0 Å². The maximum absolute atomic E-state index is 10.0. The van der Waals surface area contributed by atoms with Gasteiger partial charge in [-0.2, -0.15) is 0 Å². The van der Waals surface area contributed by atoms with Gasteiger partial charge in [-0.25, -0.2) is 0 Å². The van der Waals surface area contributed by atoms with Crippen LogP contribution >= 0.6 is 0 Å². The van der Waals surface area contributed by atoms with Crippen molar-refractivity contribution < 1.29 is 30.3 Å². The van der Waals surface area contributed by atoms with Gasteiger partial charge in [0.25, 0.3) is 0 Å². The number of benzene rings is 2. The van der Waals surface area contributed by atoms with Gasteiger partial charge in [-0.05, 0) is 18.2 Å². The van der Waals surface area contributed by atoms with Crippen LogP contribution in [0.5, 0.6) is 28.7 Å². The molecule has 6 nitrogen and oxygen atoms in total. The predicted molar refractivity (Wildman–Crippen MR) is 73.5 cm³/mol. The number of phenolic OH excluding ortho intramolecular Hbond substituents is 4. The van der Waals surface area contributed by atoms with Crippen LogP contribution in [0.4, 0.5) is 0 Å². The van der Waals surface area contributed by atoms with Crippen molar-refractivity contribution in [2.24, 2.45) is 0 Å². The Morgan fingerprint density at radius 1 is 0.810 bits per heavy atom. The zero-order valence-corrected chi connectivity index (χ0v) is 10.7. The van der Waals surface area contributed by atoms with Crippen molar-refractivity contribution in [3.05, 3.63) is 47.2 Å². The Hall–Kier alpha value is -3.02. The molecule has 0 bridgehead atoms. The number of ether oxygens (including phenoxy) is 1. The van der Waals surface area contributed by atoms with Crippen LogP contribution < -0.4 is 4.74 Å². The van der Waals surface area contributed by atoms with Gasteiger partial charge in [0.1, 0.15) is 23.0 Å². The molecule has 3 rings (SSSR count). The minimum Gasteiger partial charge on any atom is -0.508 e. The fourth-order valence-electron chi connectivity index (χ4n) is 2.19. The third kappa shape index (κ3) is 2.16. The topological polar surface area (TPSA) is 110 Å². The van der Waals surface area contributed by atoms with Crippen molar-refractivity contribution in [1.29, 1.82) is 0 Å². The van der Waals surface area contributed by atoms with Crippen LogP contribution in [0.1, 0.15) is 17.2 Å². The second-order valence-electron chi connectivity index (χ2n) is 4.69. The molecule has 1 atom stereocenters. The summed E-state index contributed by atoms with van der Waals surface area (Å²) in [5.41, 5.74) is 0.664. The minimum absolute atomic E-state index is 0.173. The molecule has 0 spiro atoms. The van der Waals surface area contributed by atoms with Gasteiger partial charge in [0, 0.05) is 17.7 Å². The SMILES string of the molecule is OC1=Cc2c(O)cc(O)cc2O[C@H]1c1ccc(O)c(O)c1. The van der Waals surface area contributed by atoms with Crippen LogP contribution in [-0.4, -0.2) is 25.5 Å². The summed E-state index contributed by atoms with van der Waals surface area (Å²) in [6.45, 7) is 0. The summed E-state index contributed by atoms with van der Waals surface area (Å²) in [4.78, 5) is 0. The maximum Gasteiger partial charge on any atom is 0.180 e. The predicted octanol–water partition coefficient (Wildman–Crippen LogP) is 2.54. The first-order valence-electron chi connectivity index (χ1n) is 6.11. The van der Waals surface area contributed by atoms with Crippen molar-refractivity contribution in [1.82, 2.24) is 0 Å². The van der Waals surface area contributed by atoms with Gasteiger partial charge in [0.15, 0.2) is 17.6 Å². The summed E-state index contributed by atoms with van der Waals surface area (Å²) in [5, 5.41) is 48.1. The summed E-state index contributed by atoms with van der Waals surface area (Å²) in [6, 6.07) is 6.47. The molecule has 0 saturated heterocycles. The first-order chi connectivity index (χ1) is 9.95. The van der Waals surface area contributed by atoms with Crippen LogP contribution in [0.2, 0.25) is 0 Å². The molecule has 1 heterocycles. The Balaban J connectivity index is 2.06. The van der Waals surface area contributed by atoms with E-state index in [1.54, 1.807) is 0 Å². The first kappa shape index (κ1) is 13.0. The van der Waals surface area contributed by atoms with E-state index in [0.717, 1.165) is 6.07 Å². The lowest BCUT2D eigenvalue weighted by Crippen LogP contribution is -2.14. The van der Waals surface area contributed by atoms with Crippen molar-refractivity contribution in [3.63, 3.8) is 0 Å². The highest BCUT2D eigenvalue weighted by Gasteiger charge is 2.27. The number of aliphatic hydroxyl groups excluding tert-OH is 1. The summed E-state index contributed by atoms with van der Waals surface area (Å²) in [5.74, 6) is -0.990. The highest BCUT2D eigenvalue weighted by atomic mass is 16.5. The molecule has 0 aromatic heterocycles. The quantitative estimate of drug-likeness (QED) is 0.516.